The molecule has 2 saturated heterocycles. The number of likely N-dealkylation sites (tertiary alicyclic amines) is 1. The summed E-state index contributed by atoms with van der Waals surface area (Å²) < 4.78 is 10.9. The molecule has 2 atom stereocenters. The molecule has 3 aliphatic heterocycles. The summed E-state index contributed by atoms with van der Waals surface area (Å²) in [4.78, 5) is 29.6. The summed E-state index contributed by atoms with van der Waals surface area (Å²) in [6.07, 6.45) is 0. The van der Waals surface area contributed by atoms with Crippen LogP contribution in [0.4, 0.5) is 10.5 Å². The molecule has 0 unspecified atom stereocenters. The lowest BCUT2D eigenvalue weighted by Gasteiger charge is -2.28. The van der Waals surface area contributed by atoms with E-state index in [4.69, 9.17) is 14.7 Å². The van der Waals surface area contributed by atoms with Crippen molar-refractivity contribution in [2.75, 3.05) is 31.8 Å². The number of amides is 3. The van der Waals surface area contributed by atoms with E-state index in [-0.39, 0.29) is 18.6 Å². The Morgan fingerprint density at radius 1 is 1.17 bits per heavy atom. The molecule has 0 saturated carbocycles. The number of fused-ring (bicyclic) bond motifs is 1. The zero-order chi connectivity index (χ0) is 20.2. The number of hydrogen-bond acceptors (Lipinski definition) is 6. The number of nitrogens with one attached hydrogen (secondary N) is 1. The molecule has 8 nitrogen and oxygen atoms in total. The van der Waals surface area contributed by atoms with E-state index in [0.29, 0.717) is 35.8 Å². The lowest BCUT2D eigenvalue weighted by Crippen LogP contribution is -2.52. The Morgan fingerprint density at radius 2 is 2.00 bits per heavy atom. The quantitative estimate of drug-likeness (QED) is 0.786. The van der Waals surface area contributed by atoms with Gasteiger partial charge in [-0.3, -0.25) is 4.79 Å². The minimum Gasteiger partial charge on any atom is -0.454 e. The first-order valence-electron chi connectivity index (χ1n) is 9.27. The maximum Gasteiger partial charge on any atom is 0.329 e. The highest BCUT2D eigenvalue weighted by Gasteiger charge is 2.60. The molecule has 0 radical (unpaired) electrons. The van der Waals surface area contributed by atoms with Crippen molar-refractivity contribution < 1.29 is 19.1 Å². The third kappa shape index (κ3) is 2.55. The normalized spacial score (nSPS) is 25.5. The number of carbonyl (C=O) groups is 2. The summed E-state index contributed by atoms with van der Waals surface area (Å²) in [5, 5.41) is 12.1. The third-order valence-electron chi connectivity index (χ3n) is 5.76. The van der Waals surface area contributed by atoms with Crippen LogP contribution in [0.5, 0.6) is 11.5 Å². The van der Waals surface area contributed by atoms with Gasteiger partial charge in [-0.05, 0) is 42.9 Å². The van der Waals surface area contributed by atoms with Crippen LogP contribution < -0.4 is 19.7 Å². The second-order valence-electron chi connectivity index (χ2n) is 7.57. The summed E-state index contributed by atoms with van der Waals surface area (Å²) in [6.45, 7) is 1.18. The number of nitrogens with zero attached hydrogens (tertiary/aromatic N) is 3. The molecular weight excluding hydrogens is 372 g/mol. The molecule has 3 heterocycles. The van der Waals surface area contributed by atoms with Crippen molar-refractivity contribution in [3.8, 4) is 17.6 Å². The predicted octanol–water partition coefficient (Wildman–Crippen LogP) is 1.81. The van der Waals surface area contributed by atoms with E-state index < -0.39 is 11.6 Å². The first kappa shape index (κ1) is 17.5. The second-order valence-corrected chi connectivity index (χ2v) is 7.57. The molecule has 1 N–H and O–H groups in total. The number of rotatable bonds is 2. The number of carbonyl (C=O) groups excluding carboxylic acids is 2. The van der Waals surface area contributed by atoms with Crippen molar-refractivity contribution >= 4 is 17.6 Å². The summed E-state index contributed by atoms with van der Waals surface area (Å²) in [7, 11) is 1.92. The maximum absolute atomic E-state index is 13.6. The number of urea groups is 1. The molecule has 146 valence electrons. The van der Waals surface area contributed by atoms with Gasteiger partial charge < -0.3 is 19.7 Å². The van der Waals surface area contributed by atoms with Crippen molar-refractivity contribution in [3.63, 3.8) is 0 Å². The summed E-state index contributed by atoms with van der Waals surface area (Å²) in [5.74, 6) is 0.751. The van der Waals surface area contributed by atoms with Gasteiger partial charge >= 0.3 is 6.03 Å². The molecule has 0 aliphatic carbocycles. The van der Waals surface area contributed by atoms with Gasteiger partial charge in [0.15, 0.2) is 11.5 Å². The molecular formula is C21H18N4O4. The number of ether oxygens (including phenoxy) is 2. The number of imide groups is 1. The summed E-state index contributed by atoms with van der Waals surface area (Å²) in [6, 6.07) is 13.7. The van der Waals surface area contributed by atoms with Gasteiger partial charge in [-0.1, -0.05) is 12.1 Å². The molecule has 3 aliphatic rings. The highest BCUT2D eigenvalue weighted by molar-refractivity contribution is 6.24. The monoisotopic (exact) mass is 390 g/mol. The molecule has 2 aromatic carbocycles. The number of anilines is 1. The Kier molecular flexibility index (Phi) is 3.76. The van der Waals surface area contributed by atoms with Crippen LogP contribution in [0.2, 0.25) is 0 Å². The van der Waals surface area contributed by atoms with E-state index in [9.17, 15) is 9.59 Å². The molecule has 2 fully saturated rings. The Labute approximate surface area is 167 Å². The summed E-state index contributed by atoms with van der Waals surface area (Å²) in [5.41, 5.74) is 0.601. The Balaban J connectivity index is 1.55. The Bertz CT molecular complexity index is 1080. The minimum absolute atomic E-state index is 0.174. The van der Waals surface area contributed by atoms with Gasteiger partial charge in [0.1, 0.15) is 5.54 Å². The molecule has 0 aromatic heterocycles. The van der Waals surface area contributed by atoms with Crippen LogP contribution in [0.25, 0.3) is 0 Å². The van der Waals surface area contributed by atoms with Crippen LogP contribution in [-0.2, 0) is 4.79 Å². The molecule has 29 heavy (non-hydrogen) atoms. The van der Waals surface area contributed by atoms with Crippen LogP contribution in [0, 0.1) is 11.3 Å². The maximum atomic E-state index is 13.6. The van der Waals surface area contributed by atoms with Crippen LogP contribution in [-0.4, -0.2) is 49.3 Å². The van der Waals surface area contributed by atoms with Gasteiger partial charge in [0, 0.05) is 19.0 Å². The fraction of sp³-hybridized carbons (Fsp3) is 0.286. The van der Waals surface area contributed by atoms with Gasteiger partial charge in [-0.2, -0.15) is 5.26 Å². The van der Waals surface area contributed by atoms with Crippen LogP contribution in [0.15, 0.2) is 42.5 Å². The highest BCUT2D eigenvalue weighted by Crippen LogP contribution is 2.43. The minimum atomic E-state index is -1.08. The molecule has 2 aromatic rings. The lowest BCUT2D eigenvalue weighted by molar-refractivity contribution is -0.122. The van der Waals surface area contributed by atoms with Crippen LogP contribution >= 0.6 is 0 Å². The van der Waals surface area contributed by atoms with E-state index in [1.54, 1.807) is 24.3 Å². The van der Waals surface area contributed by atoms with Crippen molar-refractivity contribution in [2.45, 2.75) is 11.5 Å². The average Bonchev–Trinajstić information content (AvgIpc) is 3.38. The van der Waals surface area contributed by atoms with Gasteiger partial charge in [-0.15, -0.1) is 0 Å². The van der Waals surface area contributed by atoms with E-state index in [1.165, 1.54) is 0 Å². The van der Waals surface area contributed by atoms with E-state index in [1.807, 2.05) is 36.2 Å². The second kappa shape index (κ2) is 6.22. The number of likely N-dealkylation sites (N-methyl/N-ethyl adjacent to an activating group) is 1. The van der Waals surface area contributed by atoms with E-state index >= 15 is 0 Å². The standard InChI is InChI=1S/C21H18N4O4/c1-24-10-16(14-5-6-17-18(8-14)29-12-28-17)21(11-24)19(26)25(20(27)23-21)15-4-2-3-13(7-15)9-22/h2-8,16H,10-12H2,1H3,(H,23,27)/t16-,21-/m0/s1. The Morgan fingerprint density at radius 3 is 2.83 bits per heavy atom. The van der Waals surface area contributed by atoms with Crippen LogP contribution in [0.3, 0.4) is 0 Å². The van der Waals surface area contributed by atoms with Crippen molar-refractivity contribution in [1.82, 2.24) is 10.2 Å². The molecule has 8 heteroatoms. The number of nitriles is 1. The third-order valence-corrected chi connectivity index (χ3v) is 5.76. The molecule has 3 amide bonds. The van der Waals surface area contributed by atoms with Gasteiger partial charge in [0.05, 0.1) is 17.3 Å². The summed E-state index contributed by atoms with van der Waals surface area (Å²) >= 11 is 0. The van der Waals surface area contributed by atoms with Crippen molar-refractivity contribution in [2.24, 2.45) is 0 Å². The molecule has 1 spiro atoms. The topological polar surface area (TPSA) is 94.9 Å². The van der Waals surface area contributed by atoms with E-state index in [2.05, 4.69) is 5.32 Å². The highest BCUT2D eigenvalue weighted by atomic mass is 16.7. The lowest BCUT2D eigenvalue weighted by atomic mass is 9.81. The fourth-order valence-corrected chi connectivity index (χ4v) is 4.47. The number of benzene rings is 2. The zero-order valence-corrected chi connectivity index (χ0v) is 15.7. The Hall–Kier alpha value is -3.57. The predicted molar refractivity (Wildman–Crippen MR) is 103 cm³/mol. The number of hydrogen-bond donors (Lipinski definition) is 1. The first-order chi connectivity index (χ1) is 14.0. The average molecular weight is 390 g/mol. The smallest absolute Gasteiger partial charge is 0.329 e. The molecule has 0 bridgehead atoms. The SMILES string of the molecule is CN1C[C@@H](c2ccc3c(c2)OCO3)[C@]2(C1)NC(=O)N(c1cccc(C#N)c1)C2=O. The van der Waals surface area contributed by atoms with Crippen molar-refractivity contribution in [1.29, 1.82) is 5.26 Å². The van der Waals surface area contributed by atoms with Gasteiger partial charge in [0.2, 0.25) is 6.79 Å². The van der Waals surface area contributed by atoms with Crippen molar-refractivity contribution in [3.05, 3.63) is 53.6 Å². The van der Waals surface area contributed by atoms with Gasteiger partial charge in [-0.25, -0.2) is 9.69 Å². The van der Waals surface area contributed by atoms with Gasteiger partial charge in [0.25, 0.3) is 5.91 Å². The molecule has 5 rings (SSSR count). The zero-order valence-electron chi connectivity index (χ0n) is 15.7. The van der Waals surface area contributed by atoms with E-state index in [0.717, 1.165) is 10.5 Å². The van der Waals surface area contributed by atoms with Crippen LogP contribution in [0.1, 0.15) is 17.0 Å². The first-order valence-corrected chi connectivity index (χ1v) is 9.27. The largest absolute Gasteiger partial charge is 0.454 e. The fourth-order valence-electron chi connectivity index (χ4n) is 4.47.